The van der Waals surface area contributed by atoms with E-state index in [4.69, 9.17) is 15.2 Å². The molecule has 0 aliphatic heterocycles. The number of hydrogen-bond donors (Lipinski definition) is 1. The van der Waals surface area contributed by atoms with E-state index in [1.54, 1.807) is 14.2 Å². The van der Waals surface area contributed by atoms with Crippen molar-refractivity contribution in [1.29, 1.82) is 0 Å². The van der Waals surface area contributed by atoms with Gasteiger partial charge in [-0.05, 0) is 55.5 Å². The lowest BCUT2D eigenvalue weighted by atomic mass is 9.94. The van der Waals surface area contributed by atoms with Crippen molar-refractivity contribution in [1.82, 2.24) is 4.90 Å². The van der Waals surface area contributed by atoms with Crippen LogP contribution in [0.25, 0.3) is 0 Å². The number of nitrogens with zero attached hydrogens (tertiary/aromatic N) is 1. The first kappa shape index (κ1) is 17.6. The molecule has 128 valence electrons. The second-order valence-electron chi connectivity index (χ2n) is 6.36. The van der Waals surface area contributed by atoms with Crippen LogP contribution in [0.3, 0.4) is 0 Å². The number of ether oxygens (including phenoxy) is 2. The van der Waals surface area contributed by atoms with Crippen LogP contribution in [0.1, 0.15) is 30.4 Å². The van der Waals surface area contributed by atoms with Gasteiger partial charge in [0.1, 0.15) is 0 Å². The van der Waals surface area contributed by atoms with E-state index in [0.29, 0.717) is 30.5 Å². The number of benzene rings is 1. The summed E-state index contributed by atoms with van der Waals surface area (Å²) in [6.45, 7) is 3.19. The normalized spacial score (nSPS) is 20.4. The van der Waals surface area contributed by atoms with Crippen LogP contribution in [-0.2, 0) is 11.3 Å². The second-order valence-corrected chi connectivity index (χ2v) is 6.36. The Morgan fingerprint density at radius 2 is 1.91 bits per heavy atom. The maximum Gasteiger partial charge on any atom is 0.226 e. The van der Waals surface area contributed by atoms with E-state index in [-0.39, 0.29) is 11.8 Å². The van der Waals surface area contributed by atoms with Crippen LogP contribution in [0.15, 0.2) is 12.1 Å². The molecule has 1 fully saturated rings. The van der Waals surface area contributed by atoms with Gasteiger partial charge in [0.15, 0.2) is 11.5 Å². The third-order valence-electron chi connectivity index (χ3n) is 4.90. The monoisotopic (exact) mass is 320 g/mol. The lowest BCUT2D eigenvalue weighted by molar-refractivity contribution is -0.135. The van der Waals surface area contributed by atoms with Crippen LogP contribution in [0.2, 0.25) is 0 Å². The second kappa shape index (κ2) is 7.68. The van der Waals surface area contributed by atoms with E-state index in [1.165, 1.54) is 0 Å². The highest BCUT2D eigenvalue weighted by Crippen LogP contribution is 2.34. The van der Waals surface area contributed by atoms with Crippen molar-refractivity contribution < 1.29 is 14.3 Å². The first-order chi connectivity index (χ1) is 11.0. The van der Waals surface area contributed by atoms with Gasteiger partial charge in [0, 0.05) is 19.5 Å². The molecule has 0 spiro atoms. The number of carbonyl (C=O) groups excluding carboxylic acids is 1. The van der Waals surface area contributed by atoms with Gasteiger partial charge < -0.3 is 20.1 Å². The summed E-state index contributed by atoms with van der Waals surface area (Å²) < 4.78 is 10.7. The molecule has 1 aliphatic carbocycles. The molecule has 2 rings (SSSR count). The van der Waals surface area contributed by atoms with Crippen molar-refractivity contribution in [2.45, 2.75) is 32.7 Å². The Morgan fingerprint density at radius 3 is 2.52 bits per heavy atom. The number of hydrogen-bond acceptors (Lipinski definition) is 4. The molecule has 2 N–H and O–H groups in total. The molecular weight excluding hydrogens is 292 g/mol. The van der Waals surface area contributed by atoms with Gasteiger partial charge >= 0.3 is 0 Å². The van der Waals surface area contributed by atoms with Crippen molar-refractivity contribution in [2.75, 3.05) is 27.8 Å². The standard InChI is InChI=1S/C18H28N2O3/c1-12-8-16(22-3)17(23-4)9-14(12)11-20(2)18(21)15-7-5-6-13(15)10-19/h8-9,13,15H,5-7,10-11,19H2,1-4H3/t13-,15-/m1/s1. The third kappa shape index (κ3) is 3.78. The number of aryl methyl sites for hydroxylation is 1. The van der Waals surface area contributed by atoms with E-state index in [0.717, 1.165) is 30.4 Å². The molecule has 1 saturated carbocycles. The molecule has 2 atom stereocenters. The molecule has 1 amide bonds. The quantitative estimate of drug-likeness (QED) is 0.874. The lowest BCUT2D eigenvalue weighted by Crippen LogP contribution is -2.36. The smallest absolute Gasteiger partial charge is 0.226 e. The SMILES string of the molecule is COc1cc(C)c(CN(C)C(=O)[C@@H]2CCC[C@@H]2CN)cc1OC. The fourth-order valence-electron chi connectivity index (χ4n) is 3.45. The molecule has 0 radical (unpaired) electrons. The number of amides is 1. The zero-order valence-corrected chi connectivity index (χ0v) is 14.6. The van der Waals surface area contributed by atoms with Crippen molar-refractivity contribution in [3.63, 3.8) is 0 Å². The zero-order valence-electron chi connectivity index (χ0n) is 14.6. The molecule has 5 heteroatoms. The minimum Gasteiger partial charge on any atom is -0.493 e. The van der Waals surface area contributed by atoms with Crippen LogP contribution in [-0.4, -0.2) is 38.6 Å². The average Bonchev–Trinajstić information content (AvgIpc) is 3.03. The topological polar surface area (TPSA) is 64.8 Å². The lowest BCUT2D eigenvalue weighted by Gasteiger charge is -2.25. The number of nitrogens with two attached hydrogens (primary N) is 1. The summed E-state index contributed by atoms with van der Waals surface area (Å²) in [5.41, 5.74) is 7.96. The molecule has 0 saturated heterocycles. The highest BCUT2D eigenvalue weighted by atomic mass is 16.5. The summed E-state index contributed by atoms with van der Waals surface area (Å²) in [4.78, 5) is 14.5. The van der Waals surface area contributed by atoms with Crippen molar-refractivity contribution in [3.05, 3.63) is 23.3 Å². The van der Waals surface area contributed by atoms with E-state index in [1.807, 2.05) is 31.0 Å². The maximum atomic E-state index is 12.7. The molecule has 5 nitrogen and oxygen atoms in total. The fourth-order valence-corrected chi connectivity index (χ4v) is 3.45. The summed E-state index contributed by atoms with van der Waals surface area (Å²) in [5, 5.41) is 0. The predicted octanol–water partition coefficient (Wildman–Crippen LogP) is 2.35. The van der Waals surface area contributed by atoms with E-state index < -0.39 is 0 Å². The first-order valence-electron chi connectivity index (χ1n) is 8.18. The van der Waals surface area contributed by atoms with Gasteiger partial charge in [0.05, 0.1) is 14.2 Å². The number of methoxy groups -OCH3 is 2. The minimum absolute atomic E-state index is 0.0745. The average molecular weight is 320 g/mol. The predicted molar refractivity (Wildman–Crippen MR) is 90.6 cm³/mol. The Balaban J connectivity index is 2.13. The summed E-state index contributed by atoms with van der Waals surface area (Å²) in [7, 11) is 5.11. The highest BCUT2D eigenvalue weighted by Gasteiger charge is 2.33. The Labute approximate surface area is 138 Å². The van der Waals surface area contributed by atoms with Gasteiger partial charge in [-0.25, -0.2) is 0 Å². The molecule has 23 heavy (non-hydrogen) atoms. The molecule has 1 aromatic rings. The van der Waals surface area contributed by atoms with Gasteiger partial charge in [-0.3, -0.25) is 4.79 Å². The van der Waals surface area contributed by atoms with Crippen LogP contribution in [0.5, 0.6) is 11.5 Å². The van der Waals surface area contributed by atoms with E-state index in [9.17, 15) is 4.79 Å². The Kier molecular flexibility index (Phi) is 5.88. The minimum atomic E-state index is 0.0745. The largest absolute Gasteiger partial charge is 0.493 e. The van der Waals surface area contributed by atoms with Gasteiger partial charge in [-0.2, -0.15) is 0 Å². The van der Waals surface area contributed by atoms with Crippen LogP contribution in [0.4, 0.5) is 0 Å². The highest BCUT2D eigenvalue weighted by molar-refractivity contribution is 5.79. The van der Waals surface area contributed by atoms with Crippen molar-refractivity contribution in [2.24, 2.45) is 17.6 Å². The van der Waals surface area contributed by atoms with Gasteiger partial charge in [0.2, 0.25) is 5.91 Å². The van der Waals surface area contributed by atoms with Gasteiger partial charge in [-0.1, -0.05) is 6.42 Å². The van der Waals surface area contributed by atoms with E-state index in [2.05, 4.69) is 0 Å². The van der Waals surface area contributed by atoms with Crippen molar-refractivity contribution >= 4 is 5.91 Å². The Hall–Kier alpha value is -1.75. The Morgan fingerprint density at radius 1 is 1.26 bits per heavy atom. The summed E-state index contributed by atoms with van der Waals surface area (Å²) in [6.07, 6.45) is 3.12. The first-order valence-corrected chi connectivity index (χ1v) is 8.18. The third-order valence-corrected chi connectivity index (χ3v) is 4.90. The van der Waals surface area contributed by atoms with Gasteiger partial charge in [0.25, 0.3) is 0 Å². The van der Waals surface area contributed by atoms with Crippen molar-refractivity contribution in [3.8, 4) is 11.5 Å². The van der Waals surface area contributed by atoms with Crippen LogP contribution < -0.4 is 15.2 Å². The summed E-state index contributed by atoms with van der Waals surface area (Å²) in [5.74, 6) is 2.01. The summed E-state index contributed by atoms with van der Waals surface area (Å²) in [6, 6.07) is 3.90. The maximum absolute atomic E-state index is 12.7. The number of rotatable bonds is 6. The molecule has 0 heterocycles. The molecule has 1 aliphatic rings. The Bertz CT molecular complexity index is 559. The fraction of sp³-hybridized carbons (Fsp3) is 0.611. The molecule has 1 aromatic carbocycles. The van der Waals surface area contributed by atoms with E-state index >= 15 is 0 Å². The van der Waals surface area contributed by atoms with Crippen LogP contribution in [0, 0.1) is 18.8 Å². The molecule has 0 bridgehead atoms. The molecule has 0 unspecified atom stereocenters. The molecule has 0 aromatic heterocycles. The summed E-state index contributed by atoms with van der Waals surface area (Å²) >= 11 is 0. The zero-order chi connectivity index (χ0) is 17.0. The number of carbonyl (C=O) groups is 1. The van der Waals surface area contributed by atoms with Gasteiger partial charge in [-0.15, -0.1) is 0 Å². The molecular formula is C18H28N2O3. The van der Waals surface area contributed by atoms with Crippen LogP contribution >= 0.6 is 0 Å².